The molecule has 11 heteroatoms. The maximum atomic E-state index is 14.6. The Morgan fingerprint density at radius 1 is 1.20 bits per heavy atom. The standard InChI is InChI=1S/C29H29ClFN5O4/c1-40-27(39)15-18-10-11-19-21(14-18)33-25(37)9-4-2-3-7-24(29-32-16-22(19)34-29)36-13-12-35(17-26(36)38)23-8-5-6-20(30)28(23)31/h2-3,5-6,8,10-11,14,16,24H,4,7,9,12-13,15,17H2,1H3,(H,32,34)(H,33,37)/b3-2+/t24-/m0/s1. The van der Waals surface area contributed by atoms with Crippen molar-refractivity contribution in [3.05, 3.63) is 77.0 Å². The SMILES string of the molecule is COC(=O)Cc1ccc2c(c1)NC(=O)CC/C=C/C[C@H](N1CCN(c3cccc(Cl)c3F)CC1=O)c1ncc-2[nH]1. The van der Waals surface area contributed by atoms with Crippen LogP contribution < -0.4 is 10.2 Å². The second-order valence-corrected chi connectivity index (χ2v) is 10.1. The number of carbonyl (C=O) groups is 3. The molecule has 9 nitrogen and oxygen atoms in total. The molecule has 2 aromatic carbocycles. The van der Waals surface area contributed by atoms with Crippen molar-refractivity contribution < 1.29 is 23.5 Å². The number of aromatic amines is 1. The molecule has 2 aliphatic rings. The number of carbonyl (C=O) groups excluding carboxylic acids is 3. The number of rotatable bonds is 4. The van der Waals surface area contributed by atoms with Crippen LogP contribution in [0.4, 0.5) is 15.8 Å². The molecule has 2 N–H and O–H groups in total. The first-order valence-electron chi connectivity index (χ1n) is 13.0. The van der Waals surface area contributed by atoms with Gasteiger partial charge in [0, 0.05) is 25.1 Å². The summed E-state index contributed by atoms with van der Waals surface area (Å²) in [6, 6.07) is 9.77. The van der Waals surface area contributed by atoms with E-state index < -0.39 is 5.82 Å². The normalized spacial score (nSPS) is 18.6. The molecule has 0 saturated carbocycles. The number of amides is 2. The molecular weight excluding hydrogens is 537 g/mol. The van der Waals surface area contributed by atoms with E-state index in [2.05, 4.69) is 15.3 Å². The van der Waals surface area contributed by atoms with Gasteiger partial charge in [0.1, 0.15) is 5.82 Å². The van der Waals surface area contributed by atoms with Crippen LogP contribution in [0.2, 0.25) is 5.02 Å². The molecule has 2 aliphatic heterocycles. The number of benzene rings is 2. The van der Waals surface area contributed by atoms with Gasteiger partial charge in [0.2, 0.25) is 11.8 Å². The summed E-state index contributed by atoms with van der Waals surface area (Å²) in [7, 11) is 1.33. The van der Waals surface area contributed by atoms with Crippen LogP contribution in [0.3, 0.4) is 0 Å². The van der Waals surface area contributed by atoms with Gasteiger partial charge >= 0.3 is 5.97 Å². The molecule has 3 aromatic rings. The summed E-state index contributed by atoms with van der Waals surface area (Å²) in [4.78, 5) is 49.3. The van der Waals surface area contributed by atoms with Crippen molar-refractivity contribution in [2.24, 2.45) is 0 Å². The van der Waals surface area contributed by atoms with E-state index >= 15 is 0 Å². The highest BCUT2D eigenvalue weighted by atomic mass is 35.5. The fourth-order valence-electron chi connectivity index (χ4n) is 5.04. The van der Waals surface area contributed by atoms with E-state index in [-0.39, 0.29) is 48.2 Å². The maximum Gasteiger partial charge on any atom is 0.309 e. The highest BCUT2D eigenvalue weighted by Gasteiger charge is 2.33. The molecule has 3 heterocycles. The molecule has 208 valence electrons. The van der Waals surface area contributed by atoms with Crippen LogP contribution in [0.1, 0.15) is 36.7 Å². The van der Waals surface area contributed by atoms with E-state index in [1.807, 2.05) is 18.2 Å². The van der Waals surface area contributed by atoms with Crippen LogP contribution >= 0.6 is 11.6 Å². The minimum absolute atomic E-state index is 0.00920. The summed E-state index contributed by atoms with van der Waals surface area (Å²) < 4.78 is 19.4. The molecular formula is C29H29ClFN5O4. The fraction of sp³-hybridized carbons (Fsp3) is 0.310. The topological polar surface area (TPSA) is 108 Å². The molecule has 0 radical (unpaired) electrons. The van der Waals surface area contributed by atoms with Crippen LogP contribution in [0.15, 0.2) is 54.7 Å². The van der Waals surface area contributed by atoms with Gasteiger partial charge in [0.05, 0.1) is 54.4 Å². The molecule has 40 heavy (non-hydrogen) atoms. The number of aromatic nitrogens is 2. The maximum absolute atomic E-state index is 14.6. The van der Waals surface area contributed by atoms with E-state index in [0.29, 0.717) is 60.0 Å². The third-order valence-electron chi connectivity index (χ3n) is 7.10. The average Bonchev–Trinajstić information content (AvgIpc) is 3.42. The number of fused-ring (bicyclic) bond motifs is 4. The van der Waals surface area contributed by atoms with E-state index in [1.165, 1.54) is 13.2 Å². The highest BCUT2D eigenvalue weighted by Crippen LogP contribution is 2.33. The average molecular weight is 566 g/mol. The van der Waals surface area contributed by atoms with Gasteiger partial charge in [0.25, 0.3) is 0 Å². The summed E-state index contributed by atoms with van der Waals surface area (Å²) in [6.45, 7) is 0.809. The molecule has 2 bridgehead atoms. The Hall–Kier alpha value is -4.18. The molecule has 1 saturated heterocycles. The van der Waals surface area contributed by atoms with E-state index in [9.17, 15) is 18.8 Å². The molecule has 0 aliphatic carbocycles. The molecule has 2 amide bonds. The quantitative estimate of drug-likeness (QED) is 0.352. The van der Waals surface area contributed by atoms with Gasteiger partial charge in [-0.2, -0.15) is 0 Å². The van der Waals surface area contributed by atoms with Gasteiger partial charge in [0.15, 0.2) is 5.82 Å². The van der Waals surface area contributed by atoms with E-state index in [4.69, 9.17) is 16.3 Å². The number of anilines is 2. The summed E-state index contributed by atoms with van der Waals surface area (Å²) in [6.07, 6.45) is 6.92. The summed E-state index contributed by atoms with van der Waals surface area (Å²) in [5.41, 5.74) is 2.92. The second-order valence-electron chi connectivity index (χ2n) is 9.71. The summed E-state index contributed by atoms with van der Waals surface area (Å²) >= 11 is 5.96. The van der Waals surface area contributed by atoms with Crippen molar-refractivity contribution in [2.45, 2.75) is 31.7 Å². The Balaban J connectivity index is 1.44. The Bertz CT molecular complexity index is 1470. The third kappa shape index (κ3) is 5.86. The zero-order valence-corrected chi connectivity index (χ0v) is 22.7. The first-order chi connectivity index (χ1) is 19.3. The predicted molar refractivity (Wildman–Crippen MR) is 149 cm³/mol. The Morgan fingerprint density at radius 3 is 2.85 bits per heavy atom. The zero-order chi connectivity index (χ0) is 28.2. The number of allylic oxidation sites excluding steroid dienone is 1. The molecule has 0 spiro atoms. The molecule has 1 fully saturated rings. The third-order valence-corrected chi connectivity index (χ3v) is 7.40. The van der Waals surface area contributed by atoms with Gasteiger partial charge in [-0.3, -0.25) is 14.4 Å². The van der Waals surface area contributed by atoms with Gasteiger partial charge in [-0.05, 0) is 36.6 Å². The number of hydrogen-bond donors (Lipinski definition) is 2. The number of esters is 1. The summed E-state index contributed by atoms with van der Waals surface area (Å²) in [5.74, 6) is -0.629. The van der Waals surface area contributed by atoms with Crippen LogP contribution in [-0.4, -0.2) is 59.4 Å². The number of nitrogens with one attached hydrogen (secondary N) is 2. The van der Waals surface area contributed by atoms with Crippen molar-refractivity contribution in [1.82, 2.24) is 14.9 Å². The predicted octanol–water partition coefficient (Wildman–Crippen LogP) is 4.65. The minimum Gasteiger partial charge on any atom is -0.469 e. The van der Waals surface area contributed by atoms with Gasteiger partial charge in [-0.1, -0.05) is 42.0 Å². The van der Waals surface area contributed by atoms with E-state index in [0.717, 1.165) is 0 Å². The first kappa shape index (κ1) is 27.4. The van der Waals surface area contributed by atoms with Crippen LogP contribution in [0, 0.1) is 5.82 Å². The van der Waals surface area contributed by atoms with Crippen molar-refractivity contribution in [3.63, 3.8) is 0 Å². The lowest BCUT2D eigenvalue weighted by molar-refractivity contribution is -0.139. The number of imidazole rings is 1. The lowest BCUT2D eigenvalue weighted by Crippen LogP contribution is -2.52. The number of H-pyrrole nitrogens is 1. The van der Waals surface area contributed by atoms with E-state index in [1.54, 1.807) is 40.3 Å². The lowest BCUT2D eigenvalue weighted by atomic mass is 10.0. The van der Waals surface area contributed by atoms with Gasteiger partial charge < -0.3 is 24.8 Å². The van der Waals surface area contributed by atoms with Crippen molar-refractivity contribution >= 4 is 40.8 Å². The number of halogens is 2. The largest absolute Gasteiger partial charge is 0.469 e. The number of methoxy groups -OCH3 is 1. The summed E-state index contributed by atoms with van der Waals surface area (Å²) in [5, 5.41) is 2.97. The number of nitrogens with zero attached hydrogens (tertiary/aromatic N) is 3. The molecule has 1 aromatic heterocycles. The lowest BCUT2D eigenvalue weighted by Gasteiger charge is -2.39. The number of hydrogen-bond acceptors (Lipinski definition) is 6. The minimum atomic E-state index is -0.539. The van der Waals surface area contributed by atoms with Crippen molar-refractivity contribution in [1.29, 1.82) is 0 Å². The van der Waals surface area contributed by atoms with Crippen LogP contribution in [0.25, 0.3) is 11.3 Å². The van der Waals surface area contributed by atoms with Crippen molar-refractivity contribution in [3.8, 4) is 11.3 Å². The van der Waals surface area contributed by atoms with Gasteiger partial charge in [-0.15, -0.1) is 0 Å². The van der Waals surface area contributed by atoms with Gasteiger partial charge in [-0.25, -0.2) is 9.37 Å². The van der Waals surface area contributed by atoms with Crippen molar-refractivity contribution in [2.75, 3.05) is 37.0 Å². The Kier molecular flexibility index (Phi) is 8.16. The van der Waals surface area contributed by atoms with Crippen LogP contribution in [-0.2, 0) is 25.5 Å². The molecule has 0 unspecified atom stereocenters. The van der Waals surface area contributed by atoms with Crippen LogP contribution in [0.5, 0.6) is 0 Å². The Labute approximate surface area is 236 Å². The number of piperazine rings is 1. The Morgan fingerprint density at radius 2 is 2.05 bits per heavy atom. The first-order valence-corrected chi connectivity index (χ1v) is 13.4. The number of ether oxygens (including phenoxy) is 1. The zero-order valence-electron chi connectivity index (χ0n) is 22.0. The monoisotopic (exact) mass is 565 g/mol. The second kappa shape index (κ2) is 11.9. The molecule has 5 rings (SSSR count). The molecule has 1 atom stereocenters. The highest BCUT2D eigenvalue weighted by molar-refractivity contribution is 6.31. The smallest absolute Gasteiger partial charge is 0.309 e. The fourth-order valence-corrected chi connectivity index (χ4v) is 5.21.